The lowest BCUT2D eigenvalue weighted by molar-refractivity contribution is 0.0915. The second kappa shape index (κ2) is 11.8. The van der Waals surface area contributed by atoms with E-state index in [1.165, 1.54) is 38.5 Å². The van der Waals surface area contributed by atoms with Crippen LogP contribution in [0.4, 0.5) is 4.39 Å². The highest BCUT2D eigenvalue weighted by Crippen LogP contribution is 2.32. The van der Waals surface area contributed by atoms with E-state index in [0.717, 1.165) is 0 Å². The van der Waals surface area contributed by atoms with E-state index in [4.69, 9.17) is 31.5 Å². The van der Waals surface area contributed by atoms with Gasteiger partial charge in [0.15, 0.2) is 23.1 Å². The van der Waals surface area contributed by atoms with Gasteiger partial charge >= 0.3 is 0 Å². The molecule has 2 N–H and O–H groups in total. The van der Waals surface area contributed by atoms with Gasteiger partial charge < -0.3 is 19.9 Å². The number of rotatable bonds is 11. The van der Waals surface area contributed by atoms with Crippen molar-refractivity contribution >= 4 is 23.2 Å². The van der Waals surface area contributed by atoms with E-state index < -0.39 is 5.82 Å². The molecule has 0 radical (unpaired) electrons. The molecule has 0 aliphatic rings. The number of hydrogen-bond donors (Lipinski definition) is 1. The van der Waals surface area contributed by atoms with Crippen LogP contribution in [0, 0.1) is 5.82 Å². The molecule has 1 unspecified atom stereocenters. The number of aromatic nitrogens is 1. The van der Waals surface area contributed by atoms with Gasteiger partial charge in [-0.25, -0.2) is 9.37 Å². The van der Waals surface area contributed by atoms with Crippen LogP contribution < -0.4 is 19.9 Å². The zero-order valence-electron chi connectivity index (χ0n) is 19.6. The van der Waals surface area contributed by atoms with Crippen LogP contribution in [-0.4, -0.2) is 43.4 Å². The normalized spacial score (nSPS) is 11.6. The molecule has 0 saturated carbocycles. The quantitative estimate of drug-likeness (QED) is 0.364. The molecule has 2 aromatic carbocycles. The molecule has 1 heterocycles. The summed E-state index contributed by atoms with van der Waals surface area (Å²) >= 11 is 5.90. The molecule has 0 fully saturated rings. The van der Waals surface area contributed by atoms with E-state index in [-0.39, 0.29) is 41.2 Å². The number of hydrogen-bond acceptors (Lipinski definition) is 7. The van der Waals surface area contributed by atoms with Gasteiger partial charge in [-0.05, 0) is 55.5 Å². The molecular formula is C26H26ClFN2O5. The van der Waals surface area contributed by atoms with Crippen molar-refractivity contribution in [2.75, 3.05) is 20.8 Å². The molecule has 3 rings (SSSR count). The van der Waals surface area contributed by atoms with Crippen LogP contribution in [0.25, 0.3) is 11.3 Å². The number of nitrogens with two attached hydrogens (primary N) is 1. The molecule has 9 heteroatoms. The second-order valence-electron chi connectivity index (χ2n) is 7.88. The fourth-order valence-corrected chi connectivity index (χ4v) is 3.48. The van der Waals surface area contributed by atoms with Crippen molar-refractivity contribution in [2.24, 2.45) is 5.73 Å². The van der Waals surface area contributed by atoms with Crippen LogP contribution in [0.3, 0.4) is 0 Å². The van der Waals surface area contributed by atoms with Crippen molar-refractivity contribution in [2.45, 2.75) is 25.8 Å². The van der Waals surface area contributed by atoms with Crippen molar-refractivity contribution in [1.82, 2.24) is 4.98 Å². The minimum atomic E-state index is -0.565. The van der Waals surface area contributed by atoms with E-state index in [1.807, 2.05) is 6.92 Å². The fourth-order valence-electron chi connectivity index (χ4n) is 3.30. The van der Waals surface area contributed by atoms with Gasteiger partial charge in [0, 0.05) is 30.0 Å². The van der Waals surface area contributed by atoms with Gasteiger partial charge in [-0.3, -0.25) is 9.59 Å². The first-order chi connectivity index (χ1) is 16.7. The number of methoxy groups -OCH3 is 2. The first-order valence-electron chi connectivity index (χ1n) is 10.9. The standard InChI is InChI=1S/C26H26ClFN2O5/c1-15(29)14-35-23-10-5-16(13-25(23)34-3)21(31)8-9-22(32)20-7-11-24(33-2)26(30-20)17-4-6-19(28)18(27)12-17/h4-7,10-13,15H,8-9,14,29H2,1-3H3. The number of pyridine rings is 1. The minimum absolute atomic E-state index is 0.0204. The third-order valence-corrected chi connectivity index (χ3v) is 5.41. The Kier molecular flexibility index (Phi) is 8.78. The molecule has 3 aromatic rings. The second-order valence-corrected chi connectivity index (χ2v) is 8.28. The number of Topliss-reactive ketones (excluding diaryl/α,β-unsaturated/α-hetero) is 2. The highest BCUT2D eigenvalue weighted by molar-refractivity contribution is 6.31. The molecule has 1 atom stereocenters. The molecule has 0 amide bonds. The van der Waals surface area contributed by atoms with Gasteiger partial charge in [-0.1, -0.05) is 11.6 Å². The van der Waals surface area contributed by atoms with E-state index in [0.29, 0.717) is 40.7 Å². The lowest BCUT2D eigenvalue weighted by Crippen LogP contribution is -2.23. The van der Waals surface area contributed by atoms with Crippen molar-refractivity contribution in [3.8, 4) is 28.5 Å². The summed E-state index contributed by atoms with van der Waals surface area (Å²) in [5.41, 5.74) is 7.11. The summed E-state index contributed by atoms with van der Waals surface area (Å²) in [5, 5.41) is -0.0712. The third-order valence-electron chi connectivity index (χ3n) is 5.12. The Bertz CT molecular complexity index is 1230. The predicted octanol–water partition coefficient (Wildman–Crippen LogP) is 5.13. The summed E-state index contributed by atoms with van der Waals surface area (Å²) in [5.74, 6) is 0.174. The summed E-state index contributed by atoms with van der Waals surface area (Å²) in [6.45, 7) is 2.12. The van der Waals surface area contributed by atoms with Gasteiger partial charge in [-0.15, -0.1) is 0 Å². The number of carbonyl (C=O) groups is 2. The average molecular weight is 501 g/mol. The summed E-state index contributed by atoms with van der Waals surface area (Å²) in [7, 11) is 2.94. The van der Waals surface area contributed by atoms with Crippen LogP contribution in [-0.2, 0) is 0 Å². The predicted molar refractivity (Wildman–Crippen MR) is 131 cm³/mol. The SMILES string of the molecule is COc1cc(C(=O)CCC(=O)c2ccc(OC)c(-c3ccc(F)c(Cl)c3)n2)ccc1OCC(C)N. The smallest absolute Gasteiger partial charge is 0.181 e. The summed E-state index contributed by atoms with van der Waals surface area (Å²) in [6.07, 6.45) is -0.0690. The third kappa shape index (κ3) is 6.55. The Morgan fingerprint density at radius 1 is 0.971 bits per heavy atom. The first kappa shape index (κ1) is 26.1. The van der Waals surface area contributed by atoms with Crippen LogP contribution in [0.5, 0.6) is 17.2 Å². The molecule has 35 heavy (non-hydrogen) atoms. The zero-order valence-corrected chi connectivity index (χ0v) is 20.4. The molecule has 0 bridgehead atoms. The van der Waals surface area contributed by atoms with E-state index in [1.54, 1.807) is 24.3 Å². The summed E-state index contributed by atoms with van der Waals surface area (Å²) < 4.78 is 29.8. The van der Waals surface area contributed by atoms with E-state index >= 15 is 0 Å². The number of ether oxygens (including phenoxy) is 3. The van der Waals surface area contributed by atoms with Crippen molar-refractivity contribution in [3.05, 3.63) is 70.6 Å². The van der Waals surface area contributed by atoms with Crippen molar-refractivity contribution in [3.63, 3.8) is 0 Å². The average Bonchev–Trinajstić information content (AvgIpc) is 2.86. The summed E-state index contributed by atoms with van der Waals surface area (Å²) in [4.78, 5) is 29.9. The number of nitrogens with zero attached hydrogens (tertiary/aromatic N) is 1. The molecule has 1 aromatic heterocycles. The number of benzene rings is 2. The molecule has 7 nitrogen and oxygen atoms in total. The van der Waals surface area contributed by atoms with Gasteiger partial charge in [0.25, 0.3) is 0 Å². The molecule has 0 saturated heterocycles. The van der Waals surface area contributed by atoms with Crippen molar-refractivity contribution in [1.29, 1.82) is 0 Å². The van der Waals surface area contributed by atoms with Crippen LogP contribution in [0.1, 0.15) is 40.6 Å². The maximum Gasteiger partial charge on any atom is 0.181 e. The zero-order chi connectivity index (χ0) is 25.5. The number of halogens is 2. The van der Waals surface area contributed by atoms with Gasteiger partial charge in [0.2, 0.25) is 0 Å². The van der Waals surface area contributed by atoms with Crippen LogP contribution >= 0.6 is 11.6 Å². The highest BCUT2D eigenvalue weighted by Gasteiger charge is 2.18. The topological polar surface area (TPSA) is 101 Å². The fraction of sp³-hybridized carbons (Fsp3) is 0.269. The largest absolute Gasteiger partial charge is 0.494 e. The molecule has 0 aliphatic carbocycles. The number of carbonyl (C=O) groups excluding carboxylic acids is 2. The lowest BCUT2D eigenvalue weighted by Gasteiger charge is -2.13. The molecule has 0 aliphatic heterocycles. The summed E-state index contributed by atoms with van der Waals surface area (Å²) in [6, 6.07) is 11.9. The highest BCUT2D eigenvalue weighted by atomic mass is 35.5. The molecule has 0 spiro atoms. The van der Waals surface area contributed by atoms with E-state index in [2.05, 4.69) is 4.98 Å². The minimum Gasteiger partial charge on any atom is -0.494 e. The maximum absolute atomic E-state index is 13.6. The Labute approximate surface area is 208 Å². The van der Waals surface area contributed by atoms with Crippen LogP contribution in [0.2, 0.25) is 5.02 Å². The number of ketones is 2. The molecule has 184 valence electrons. The van der Waals surface area contributed by atoms with Gasteiger partial charge in [0.1, 0.15) is 29.6 Å². The Hall–Kier alpha value is -3.49. The first-order valence-corrected chi connectivity index (χ1v) is 11.2. The van der Waals surface area contributed by atoms with Gasteiger partial charge in [-0.2, -0.15) is 0 Å². The van der Waals surface area contributed by atoms with Crippen LogP contribution in [0.15, 0.2) is 48.5 Å². The Balaban J connectivity index is 1.73. The maximum atomic E-state index is 13.6. The van der Waals surface area contributed by atoms with Crippen molar-refractivity contribution < 1.29 is 28.2 Å². The Morgan fingerprint density at radius 2 is 1.66 bits per heavy atom. The van der Waals surface area contributed by atoms with Gasteiger partial charge in [0.05, 0.1) is 19.2 Å². The van der Waals surface area contributed by atoms with E-state index in [9.17, 15) is 14.0 Å². The molecular weight excluding hydrogens is 475 g/mol. The Morgan fingerprint density at radius 3 is 2.31 bits per heavy atom. The lowest BCUT2D eigenvalue weighted by atomic mass is 10.0. The monoisotopic (exact) mass is 500 g/mol.